The second kappa shape index (κ2) is 7.92. The molecule has 0 aromatic heterocycles. The highest BCUT2D eigenvalue weighted by molar-refractivity contribution is 6.13. The van der Waals surface area contributed by atoms with Crippen molar-refractivity contribution in [2.45, 2.75) is 33.1 Å². The lowest BCUT2D eigenvalue weighted by atomic mass is 9.68. The molecule has 0 bridgehead atoms. The van der Waals surface area contributed by atoms with E-state index >= 15 is 0 Å². The topological polar surface area (TPSA) is 63.6 Å². The van der Waals surface area contributed by atoms with Crippen LogP contribution in [0.2, 0.25) is 0 Å². The second-order valence-electron chi connectivity index (χ2n) is 7.65. The Morgan fingerprint density at radius 2 is 1.37 bits per heavy atom. The summed E-state index contributed by atoms with van der Waals surface area (Å²) in [5.41, 5.74) is 0.123. The summed E-state index contributed by atoms with van der Waals surface area (Å²) >= 11 is 0. The van der Waals surface area contributed by atoms with Crippen LogP contribution in [-0.2, 0) is 19.4 Å². The van der Waals surface area contributed by atoms with Crippen LogP contribution < -0.4 is 0 Å². The van der Waals surface area contributed by atoms with E-state index in [1.165, 1.54) is 0 Å². The van der Waals surface area contributed by atoms with Crippen LogP contribution in [0.25, 0.3) is 5.57 Å². The van der Waals surface area contributed by atoms with E-state index in [2.05, 4.69) is 0 Å². The Labute approximate surface area is 163 Å². The molecule has 5 heteroatoms. The van der Waals surface area contributed by atoms with Gasteiger partial charge in [0, 0.05) is 0 Å². The average molecular weight is 383 g/mol. The van der Waals surface area contributed by atoms with Crippen LogP contribution in [-0.4, -0.2) is 27.5 Å². The molecule has 0 saturated carbocycles. The smallest absolute Gasteiger partial charge is 0.333 e. The number of rotatable bonds is 5. The van der Waals surface area contributed by atoms with Gasteiger partial charge in [0.1, 0.15) is 5.41 Å². The molecule has 0 aliphatic heterocycles. The lowest BCUT2D eigenvalue weighted by Gasteiger charge is -2.35. The molecule has 0 saturated heterocycles. The van der Waals surface area contributed by atoms with Crippen molar-refractivity contribution in [1.29, 1.82) is 0 Å². The molecule has 0 heterocycles. The van der Waals surface area contributed by atoms with Gasteiger partial charge in [-0.1, -0.05) is 81.4 Å². The molecule has 0 amide bonds. The zero-order chi connectivity index (χ0) is 20.2. The molecule has 2 aromatic carbocycles. The van der Waals surface area contributed by atoms with Gasteiger partial charge in [0.2, 0.25) is 10.5 Å². The number of carbonyl (C=O) groups excluding carboxylic acids is 1. The maximum Gasteiger partial charge on any atom is 0.333 e. The molecule has 27 heavy (non-hydrogen) atoms. The monoisotopic (exact) mass is 382 g/mol. The van der Waals surface area contributed by atoms with Crippen LogP contribution in [0.15, 0.2) is 66.2 Å². The highest BCUT2D eigenvalue weighted by Gasteiger charge is 2.46. The van der Waals surface area contributed by atoms with Gasteiger partial charge in [-0.25, -0.2) is 4.79 Å². The number of hydrogen-bond acceptors (Lipinski definition) is 3. The summed E-state index contributed by atoms with van der Waals surface area (Å²) in [6, 6.07) is 18.3. The first-order valence-corrected chi connectivity index (χ1v) is 9.63. The SMILES string of the molecule is CC(C)(C)C(=C(C(=O)O)C(C)(C(=O)O[SiH3])c1ccccc1)c1ccccc1. The Balaban J connectivity index is 2.99. The van der Waals surface area contributed by atoms with Gasteiger partial charge in [-0.05, 0) is 29.0 Å². The lowest BCUT2D eigenvalue weighted by Crippen LogP contribution is -2.40. The third-order valence-electron chi connectivity index (χ3n) is 4.72. The van der Waals surface area contributed by atoms with E-state index in [0.717, 1.165) is 5.56 Å². The van der Waals surface area contributed by atoms with Crippen molar-refractivity contribution < 1.29 is 19.1 Å². The molecule has 1 unspecified atom stereocenters. The van der Waals surface area contributed by atoms with Crippen molar-refractivity contribution in [3.05, 3.63) is 77.4 Å². The van der Waals surface area contributed by atoms with E-state index in [1.54, 1.807) is 31.2 Å². The normalized spacial score (nSPS) is 14.8. The lowest BCUT2D eigenvalue weighted by molar-refractivity contribution is -0.142. The Hall–Kier alpha value is -2.66. The maximum absolute atomic E-state index is 13.0. The number of aliphatic carboxylic acids is 1. The minimum atomic E-state index is -1.42. The second-order valence-corrected chi connectivity index (χ2v) is 8.06. The number of carbonyl (C=O) groups is 2. The van der Waals surface area contributed by atoms with Crippen molar-refractivity contribution in [3.8, 4) is 0 Å². The molecule has 142 valence electrons. The van der Waals surface area contributed by atoms with Gasteiger partial charge in [0.15, 0.2) is 0 Å². The predicted molar refractivity (Wildman–Crippen MR) is 110 cm³/mol. The van der Waals surface area contributed by atoms with Gasteiger partial charge in [0.05, 0.1) is 5.57 Å². The van der Waals surface area contributed by atoms with Crippen LogP contribution in [0.4, 0.5) is 0 Å². The number of hydrogen-bond donors (Lipinski definition) is 1. The van der Waals surface area contributed by atoms with Crippen LogP contribution >= 0.6 is 0 Å². The first-order valence-electron chi connectivity index (χ1n) is 8.82. The number of carboxylic acids is 1. The Bertz CT molecular complexity index is 851. The van der Waals surface area contributed by atoms with Crippen molar-refractivity contribution in [2.75, 3.05) is 0 Å². The predicted octanol–water partition coefficient (Wildman–Crippen LogP) is 3.35. The summed E-state index contributed by atoms with van der Waals surface area (Å²) in [5, 5.41) is 10.3. The Morgan fingerprint density at radius 1 is 0.889 bits per heavy atom. The molecule has 1 N–H and O–H groups in total. The van der Waals surface area contributed by atoms with E-state index in [-0.39, 0.29) is 16.1 Å². The van der Waals surface area contributed by atoms with Gasteiger partial charge < -0.3 is 9.53 Å². The fourth-order valence-electron chi connectivity index (χ4n) is 3.47. The summed E-state index contributed by atoms with van der Waals surface area (Å²) < 4.78 is 5.20. The molecule has 0 radical (unpaired) electrons. The maximum atomic E-state index is 13.0. The first-order chi connectivity index (χ1) is 12.6. The van der Waals surface area contributed by atoms with E-state index in [9.17, 15) is 14.7 Å². The first kappa shape index (κ1) is 20.6. The minimum absolute atomic E-state index is 0.0493. The molecule has 0 aliphatic rings. The molecule has 2 aromatic rings. The van der Waals surface area contributed by atoms with Crippen LogP contribution in [0.5, 0.6) is 0 Å². The van der Waals surface area contributed by atoms with Gasteiger partial charge >= 0.3 is 11.9 Å². The number of benzene rings is 2. The molecule has 1 atom stereocenters. The van der Waals surface area contributed by atoms with E-state index in [0.29, 0.717) is 11.1 Å². The zero-order valence-electron chi connectivity index (χ0n) is 16.4. The van der Waals surface area contributed by atoms with Crippen molar-refractivity contribution in [1.82, 2.24) is 0 Å². The van der Waals surface area contributed by atoms with E-state index < -0.39 is 22.8 Å². The molecular formula is C22H26O4Si. The quantitative estimate of drug-likeness (QED) is 0.636. The van der Waals surface area contributed by atoms with E-state index in [1.807, 2.05) is 57.2 Å². The fraction of sp³-hybridized carbons (Fsp3) is 0.273. The van der Waals surface area contributed by atoms with Crippen molar-refractivity contribution in [2.24, 2.45) is 5.41 Å². The molecule has 4 nitrogen and oxygen atoms in total. The Kier molecular flexibility index (Phi) is 6.06. The Morgan fingerprint density at radius 3 is 1.78 bits per heavy atom. The van der Waals surface area contributed by atoms with Crippen LogP contribution in [0.3, 0.4) is 0 Å². The van der Waals surface area contributed by atoms with Crippen LogP contribution in [0.1, 0.15) is 38.8 Å². The third-order valence-corrected chi connectivity index (χ3v) is 5.09. The van der Waals surface area contributed by atoms with Gasteiger partial charge in [0.25, 0.3) is 0 Å². The summed E-state index contributed by atoms with van der Waals surface area (Å²) in [6.07, 6.45) is 0. The molecule has 2 rings (SSSR count). The minimum Gasteiger partial charge on any atom is -0.528 e. The molecule has 0 spiro atoms. The van der Waals surface area contributed by atoms with Crippen LogP contribution in [0, 0.1) is 5.41 Å². The molecular weight excluding hydrogens is 356 g/mol. The van der Waals surface area contributed by atoms with Crippen molar-refractivity contribution in [3.63, 3.8) is 0 Å². The average Bonchev–Trinajstić information content (AvgIpc) is 2.64. The summed E-state index contributed by atoms with van der Waals surface area (Å²) in [4.78, 5) is 25.5. The fourth-order valence-corrected chi connectivity index (χ4v) is 3.88. The third kappa shape index (κ3) is 4.03. The zero-order valence-corrected chi connectivity index (χ0v) is 18.4. The number of carboxylic acid groups (broad SMARTS) is 1. The summed E-state index contributed by atoms with van der Waals surface area (Å²) in [7, 11) is 0.187. The van der Waals surface area contributed by atoms with E-state index in [4.69, 9.17) is 4.43 Å². The summed E-state index contributed by atoms with van der Waals surface area (Å²) in [5.74, 6) is -1.67. The van der Waals surface area contributed by atoms with Gasteiger partial charge in [-0.3, -0.25) is 4.79 Å². The highest BCUT2D eigenvalue weighted by Crippen LogP contribution is 2.44. The largest absolute Gasteiger partial charge is 0.528 e. The summed E-state index contributed by atoms with van der Waals surface area (Å²) in [6.45, 7) is 7.50. The standard InChI is InChI=1S/C22H26O4Si/c1-21(2,3)17(15-11-7-5-8-12-15)18(19(23)24)22(4,20(25)26-27)16-13-9-6-10-14-16/h5-14H,1-4,27H3,(H,23,24). The molecule has 0 fully saturated rings. The number of allylic oxidation sites excluding steroid dienone is 1. The van der Waals surface area contributed by atoms with Gasteiger partial charge in [-0.2, -0.15) is 0 Å². The van der Waals surface area contributed by atoms with Crippen molar-refractivity contribution >= 4 is 28.0 Å². The highest BCUT2D eigenvalue weighted by atomic mass is 28.2. The molecule has 0 aliphatic carbocycles. The van der Waals surface area contributed by atoms with Gasteiger partial charge in [-0.15, -0.1) is 0 Å².